The number of benzene rings is 1. The minimum atomic E-state index is -1.04. The van der Waals surface area contributed by atoms with Gasteiger partial charge in [0.05, 0.1) is 38.9 Å². The van der Waals surface area contributed by atoms with Gasteiger partial charge >= 0.3 is 11.9 Å². The number of thiophene rings is 1. The largest absolute Gasteiger partial charge is 0.497 e. The minimum absolute atomic E-state index is 0.158. The fourth-order valence-corrected chi connectivity index (χ4v) is 6.36. The van der Waals surface area contributed by atoms with Gasteiger partial charge in [0.1, 0.15) is 17.4 Å². The average molecular weight is 554 g/mol. The molecule has 0 saturated heterocycles. The fourth-order valence-electron chi connectivity index (χ4n) is 5.49. The van der Waals surface area contributed by atoms with Gasteiger partial charge in [0.2, 0.25) is 0 Å². The molecule has 3 unspecified atom stereocenters. The third-order valence-corrected chi connectivity index (χ3v) is 8.10. The standard InChI is InChI=1S/C30H35NO7S/c1-6-10-20-27(30(34)38-8-3)24(18-15-17(35-4)12-13-22(18)36-5)26-21(31-20)16-19(23-11-9-14-39-23)25(28(26)32)29(33)37-7-2/h9,11-15,19,24-25,31H,6-8,10,16H2,1-5H3. The zero-order chi connectivity index (χ0) is 28.1. The van der Waals surface area contributed by atoms with Crippen molar-refractivity contribution in [3.05, 3.63) is 68.7 Å². The van der Waals surface area contributed by atoms with Crippen LogP contribution in [0, 0.1) is 5.92 Å². The quantitative estimate of drug-likeness (QED) is 0.314. The Labute approximate surface area is 233 Å². The second-order valence-electron chi connectivity index (χ2n) is 9.34. The van der Waals surface area contributed by atoms with E-state index in [9.17, 15) is 14.4 Å². The first kappa shape index (κ1) is 28.4. The van der Waals surface area contributed by atoms with E-state index in [1.165, 1.54) is 11.3 Å². The molecule has 2 aromatic rings. The topological polar surface area (TPSA) is 100 Å². The van der Waals surface area contributed by atoms with E-state index in [4.69, 9.17) is 18.9 Å². The predicted molar refractivity (Wildman–Crippen MR) is 148 cm³/mol. The van der Waals surface area contributed by atoms with Crippen LogP contribution >= 0.6 is 11.3 Å². The first-order valence-corrected chi connectivity index (χ1v) is 14.1. The zero-order valence-corrected chi connectivity index (χ0v) is 23.8. The average Bonchev–Trinajstić information content (AvgIpc) is 3.47. The van der Waals surface area contributed by atoms with Crippen molar-refractivity contribution in [2.45, 2.75) is 51.9 Å². The highest BCUT2D eigenvalue weighted by atomic mass is 32.1. The highest BCUT2D eigenvalue weighted by Crippen LogP contribution is 2.51. The Bertz CT molecular complexity index is 1290. The van der Waals surface area contributed by atoms with E-state index in [1.807, 2.05) is 24.4 Å². The summed E-state index contributed by atoms with van der Waals surface area (Å²) in [5, 5.41) is 5.38. The Hall–Kier alpha value is -3.59. The van der Waals surface area contributed by atoms with Crippen LogP contribution in [0.4, 0.5) is 0 Å². The number of rotatable bonds is 10. The molecule has 0 fully saturated rings. The molecule has 0 radical (unpaired) electrons. The van der Waals surface area contributed by atoms with Crippen LogP contribution < -0.4 is 14.8 Å². The molecule has 39 heavy (non-hydrogen) atoms. The predicted octanol–water partition coefficient (Wildman–Crippen LogP) is 5.26. The molecular weight excluding hydrogens is 518 g/mol. The zero-order valence-electron chi connectivity index (χ0n) is 23.0. The van der Waals surface area contributed by atoms with Crippen LogP contribution in [0.5, 0.6) is 11.5 Å². The van der Waals surface area contributed by atoms with Crippen molar-refractivity contribution in [1.29, 1.82) is 0 Å². The van der Waals surface area contributed by atoms with Crippen molar-refractivity contribution in [3.8, 4) is 11.5 Å². The van der Waals surface area contributed by atoms with E-state index in [2.05, 4.69) is 5.32 Å². The molecule has 4 rings (SSSR count). The number of esters is 2. The molecule has 2 heterocycles. The molecule has 0 amide bonds. The van der Waals surface area contributed by atoms with Gasteiger partial charge in [-0.2, -0.15) is 0 Å². The van der Waals surface area contributed by atoms with Crippen LogP contribution in [0.2, 0.25) is 0 Å². The number of hydrogen-bond acceptors (Lipinski definition) is 9. The van der Waals surface area contributed by atoms with Crippen molar-refractivity contribution < 1.29 is 33.3 Å². The number of carbonyl (C=O) groups is 3. The molecule has 3 atom stereocenters. The van der Waals surface area contributed by atoms with Crippen molar-refractivity contribution in [3.63, 3.8) is 0 Å². The van der Waals surface area contributed by atoms with Gasteiger partial charge in [-0.25, -0.2) is 4.79 Å². The van der Waals surface area contributed by atoms with Crippen LogP contribution in [-0.2, 0) is 23.9 Å². The van der Waals surface area contributed by atoms with Crippen LogP contribution in [0.3, 0.4) is 0 Å². The van der Waals surface area contributed by atoms with E-state index in [-0.39, 0.29) is 24.9 Å². The second kappa shape index (κ2) is 12.5. The van der Waals surface area contributed by atoms with E-state index in [0.717, 1.165) is 11.3 Å². The molecular formula is C30H35NO7S. The molecule has 1 N–H and O–H groups in total. The van der Waals surface area contributed by atoms with Gasteiger partial charge in [0.25, 0.3) is 0 Å². The van der Waals surface area contributed by atoms with E-state index in [1.54, 1.807) is 46.3 Å². The second-order valence-corrected chi connectivity index (χ2v) is 10.3. The first-order chi connectivity index (χ1) is 18.9. The summed E-state index contributed by atoms with van der Waals surface area (Å²) in [6, 6.07) is 9.15. The van der Waals surface area contributed by atoms with E-state index < -0.39 is 23.8 Å². The number of ketones is 1. The summed E-state index contributed by atoms with van der Waals surface area (Å²) in [4.78, 5) is 42.3. The molecule has 0 saturated carbocycles. The monoisotopic (exact) mass is 553 g/mol. The lowest BCUT2D eigenvalue weighted by Crippen LogP contribution is -2.43. The number of hydrogen-bond donors (Lipinski definition) is 1. The van der Waals surface area contributed by atoms with Gasteiger partial charge in [-0.05, 0) is 56.3 Å². The smallest absolute Gasteiger partial charge is 0.336 e. The normalized spacial score (nSPS) is 20.7. The summed E-state index contributed by atoms with van der Waals surface area (Å²) in [6.45, 7) is 5.83. The lowest BCUT2D eigenvalue weighted by molar-refractivity contribution is -0.152. The number of nitrogens with one attached hydrogen (secondary N) is 1. The summed E-state index contributed by atoms with van der Waals surface area (Å²) in [7, 11) is 3.09. The third kappa shape index (κ3) is 5.45. The van der Waals surface area contributed by atoms with Gasteiger partial charge in [-0.3, -0.25) is 9.59 Å². The van der Waals surface area contributed by atoms with Crippen LogP contribution in [0.15, 0.2) is 58.3 Å². The number of methoxy groups -OCH3 is 2. The number of ether oxygens (including phenoxy) is 4. The number of allylic oxidation sites excluding steroid dienone is 3. The Balaban J connectivity index is 1.99. The lowest BCUT2D eigenvalue weighted by atomic mass is 9.68. The fraction of sp³-hybridized carbons (Fsp3) is 0.433. The maximum Gasteiger partial charge on any atom is 0.336 e. The van der Waals surface area contributed by atoms with Crippen molar-refractivity contribution in [2.75, 3.05) is 27.4 Å². The minimum Gasteiger partial charge on any atom is -0.497 e. The van der Waals surface area contributed by atoms with Gasteiger partial charge in [0.15, 0.2) is 5.78 Å². The lowest BCUT2D eigenvalue weighted by Gasteiger charge is -2.40. The molecule has 9 heteroatoms. The van der Waals surface area contributed by atoms with Crippen LogP contribution in [0.1, 0.15) is 62.3 Å². The molecule has 8 nitrogen and oxygen atoms in total. The number of Topliss-reactive ketones (excluding diaryl/α,β-unsaturated/α-hetero) is 1. The van der Waals surface area contributed by atoms with Gasteiger partial charge in [0, 0.05) is 33.3 Å². The molecule has 0 bridgehead atoms. The van der Waals surface area contributed by atoms with Gasteiger partial charge in [-0.15, -0.1) is 11.3 Å². The molecule has 2 aliphatic rings. The van der Waals surface area contributed by atoms with Crippen LogP contribution in [-0.4, -0.2) is 45.2 Å². The van der Waals surface area contributed by atoms with E-state index >= 15 is 0 Å². The molecule has 0 spiro atoms. The summed E-state index contributed by atoms with van der Waals surface area (Å²) >= 11 is 1.51. The SMILES string of the molecule is CCCC1=C(C(=O)OCC)C(c2cc(OC)ccc2OC)C2=C(CC(c3cccs3)C(C(=O)OCC)C2=O)N1. The maximum absolute atomic E-state index is 14.5. The van der Waals surface area contributed by atoms with Gasteiger partial charge in [-0.1, -0.05) is 19.4 Å². The first-order valence-electron chi connectivity index (χ1n) is 13.3. The number of dihydropyridines is 1. The Morgan fingerprint density at radius 1 is 1.05 bits per heavy atom. The van der Waals surface area contributed by atoms with Crippen LogP contribution in [0.25, 0.3) is 0 Å². The summed E-state index contributed by atoms with van der Waals surface area (Å²) in [5.74, 6) is -2.66. The highest BCUT2D eigenvalue weighted by Gasteiger charge is 2.50. The molecule has 1 aromatic carbocycles. The Kier molecular flexibility index (Phi) is 9.12. The van der Waals surface area contributed by atoms with Crippen molar-refractivity contribution >= 4 is 29.1 Å². The molecule has 1 aliphatic heterocycles. The molecule has 208 valence electrons. The summed E-state index contributed by atoms with van der Waals surface area (Å²) in [6.07, 6.45) is 1.76. The Morgan fingerprint density at radius 2 is 1.82 bits per heavy atom. The van der Waals surface area contributed by atoms with E-state index in [0.29, 0.717) is 52.4 Å². The number of carbonyl (C=O) groups excluding carboxylic acids is 3. The highest BCUT2D eigenvalue weighted by molar-refractivity contribution is 7.10. The summed E-state index contributed by atoms with van der Waals surface area (Å²) in [5.41, 5.74) is 2.69. The third-order valence-electron chi connectivity index (χ3n) is 7.10. The van der Waals surface area contributed by atoms with Crippen molar-refractivity contribution in [2.24, 2.45) is 5.92 Å². The summed E-state index contributed by atoms with van der Waals surface area (Å²) < 4.78 is 22.1. The molecule has 1 aliphatic carbocycles. The van der Waals surface area contributed by atoms with Crippen molar-refractivity contribution in [1.82, 2.24) is 5.32 Å². The maximum atomic E-state index is 14.5. The Morgan fingerprint density at radius 3 is 2.44 bits per heavy atom. The van der Waals surface area contributed by atoms with Gasteiger partial charge < -0.3 is 24.3 Å². The molecule has 1 aromatic heterocycles.